The van der Waals surface area contributed by atoms with Gasteiger partial charge in [-0.1, -0.05) is 31.0 Å². The molecule has 1 N–H and O–H groups in total. The number of rotatable bonds is 5. The van der Waals surface area contributed by atoms with E-state index in [4.69, 9.17) is 0 Å². The molecule has 0 aliphatic heterocycles. The minimum absolute atomic E-state index is 0.201. The second-order valence-corrected chi connectivity index (χ2v) is 7.07. The van der Waals surface area contributed by atoms with Crippen molar-refractivity contribution in [1.29, 1.82) is 5.26 Å². The number of aryl methyl sites for hydroxylation is 1. The molecule has 1 aromatic carbocycles. The maximum atomic E-state index is 10.2. The van der Waals surface area contributed by atoms with E-state index < -0.39 is 0 Å². The number of para-hydroxylation sites is 1. The molecule has 5 heteroatoms. The van der Waals surface area contributed by atoms with Gasteiger partial charge in [0, 0.05) is 13.1 Å². The molecule has 2 unspecified atom stereocenters. The van der Waals surface area contributed by atoms with Crippen molar-refractivity contribution < 1.29 is 5.11 Å². The topological polar surface area (TPSA) is 65.1 Å². The van der Waals surface area contributed by atoms with Crippen molar-refractivity contribution in [1.82, 2.24) is 14.7 Å². The van der Waals surface area contributed by atoms with E-state index in [9.17, 15) is 10.4 Å². The second kappa shape index (κ2) is 7.81. The minimum Gasteiger partial charge on any atom is -0.393 e. The van der Waals surface area contributed by atoms with Crippen LogP contribution in [0.3, 0.4) is 0 Å². The Kier molecular flexibility index (Phi) is 5.52. The molecular formula is C20H26N4O. The third-order valence-electron chi connectivity index (χ3n) is 5.10. The molecule has 2 atom stereocenters. The summed E-state index contributed by atoms with van der Waals surface area (Å²) < 4.78 is 1.88. The standard InChI is InChI=1S/C20H26N4O/c1-15-18(12-21)19(24(22-15)17-9-4-3-5-10-17)14-23(2)13-16-8-6-7-11-20(16)25/h3-5,9-10,16,20,25H,6-8,11,13-14H2,1-2H3. The van der Waals surface area contributed by atoms with Gasteiger partial charge in [-0.05, 0) is 44.9 Å². The van der Waals surface area contributed by atoms with Crippen molar-refractivity contribution in [3.63, 3.8) is 0 Å². The molecule has 0 radical (unpaired) electrons. The van der Waals surface area contributed by atoms with Crippen molar-refractivity contribution in [3.05, 3.63) is 47.3 Å². The van der Waals surface area contributed by atoms with Crippen LogP contribution in [0.4, 0.5) is 0 Å². The fraction of sp³-hybridized carbons (Fsp3) is 0.500. The molecule has 2 aromatic rings. The number of aliphatic hydroxyl groups excluding tert-OH is 1. The lowest BCUT2D eigenvalue weighted by molar-refractivity contribution is 0.0498. The first-order chi connectivity index (χ1) is 12.1. The molecular weight excluding hydrogens is 312 g/mol. The predicted molar refractivity (Wildman–Crippen MR) is 97.3 cm³/mol. The van der Waals surface area contributed by atoms with Gasteiger partial charge in [0.1, 0.15) is 6.07 Å². The highest BCUT2D eigenvalue weighted by Gasteiger charge is 2.25. The van der Waals surface area contributed by atoms with E-state index in [1.54, 1.807) is 0 Å². The quantitative estimate of drug-likeness (QED) is 0.910. The van der Waals surface area contributed by atoms with E-state index >= 15 is 0 Å². The zero-order valence-corrected chi connectivity index (χ0v) is 15.0. The Bertz CT molecular complexity index is 747. The zero-order valence-electron chi connectivity index (χ0n) is 15.0. The normalized spacial score (nSPS) is 20.6. The van der Waals surface area contributed by atoms with Crippen molar-refractivity contribution in [3.8, 4) is 11.8 Å². The number of hydrogen-bond acceptors (Lipinski definition) is 4. The number of benzene rings is 1. The summed E-state index contributed by atoms with van der Waals surface area (Å²) in [4.78, 5) is 2.20. The first-order valence-corrected chi connectivity index (χ1v) is 9.00. The fourth-order valence-corrected chi connectivity index (χ4v) is 3.77. The molecule has 1 saturated carbocycles. The number of nitrogens with zero attached hydrogens (tertiary/aromatic N) is 4. The van der Waals surface area contributed by atoms with Crippen LogP contribution in [0.1, 0.15) is 42.6 Å². The summed E-state index contributed by atoms with van der Waals surface area (Å²) in [5, 5.41) is 24.4. The van der Waals surface area contributed by atoms with Crippen molar-refractivity contribution in [2.75, 3.05) is 13.6 Å². The molecule has 0 spiro atoms. The van der Waals surface area contributed by atoms with Crippen molar-refractivity contribution in [2.24, 2.45) is 5.92 Å². The lowest BCUT2D eigenvalue weighted by Crippen LogP contribution is -2.35. The van der Waals surface area contributed by atoms with Crippen LogP contribution in [0.5, 0.6) is 0 Å². The Labute approximate surface area is 149 Å². The molecule has 1 aromatic heterocycles. The summed E-state index contributed by atoms with van der Waals surface area (Å²) in [7, 11) is 2.06. The van der Waals surface area contributed by atoms with Crippen molar-refractivity contribution >= 4 is 0 Å². The summed E-state index contributed by atoms with van der Waals surface area (Å²) in [6.07, 6.45) is 4.10. The zero-order chi connectivity index (χ0) is 17.8. The summed E-state index contributed by atoms with van der Waals surface area (Å²) in [5.74, 6) is 0.318. The van der Waals surface area contributed by atoms with Gasteiger partial charge in [-0.25, -0.2) is 4.68 Å². The molecule has 0 amide bonds. The Morgan fingerprint density at radius 1 is 1.28 bits per heavy atom. The van der Waals surface area contributed by atoms with Gasteiger partial charge < -0.3 is 10.0 Å². The summed E-state index contributed by atoms with van der Waals surface area (Å²) in [6.45, 7) is 3.36. The largest absolute Gasteiger partial charge is 0.393 e. The van der Waals surface area contributed by atoms with E-state index in [1.165, 1.54) is 6.42 Å². The molecule has 25 heavy (non-hydrogen) atoms. The average molecular weight is 338 g/mol. The highest BCUT2D eigenvalue weighted by atomic mass is 16.3. The smallest absolute Gasteiger partial charge is 0.103 e. The highest BCUT2D eigenvalue weighted by Crippen LogP contribution is 2.26. The van der Waals surface area contributed by atoms with Gasteiger partial charge in [0.15, 0.2) is 0 Å². The van der Waals surface area contributed by atoms with Gasteiger partial charge in [0.25, 0.3) is 0 Å². The molecule has 132 valence electrons. The average Bonchev–Trinajstić information content (AvgIpc) is 2.93. The SMILES string of the molecule is Cc1nn(-c2ccccc2)c(CN(C)CC2CCCCC2O)c1C#N. The lowest BCUT2D eigenvalue weighted by Gasteiger charge is -2.31. The van der Waals surface area contributed by atoms with E-state index in [0.29, 0.717) is 18.0 Å². The van der Waals surface area contributed by atoms with Crippen LogP contribution in [0.15, 0.2) is 30.3 Å². The Morgan fingerprint density at radius 2 is 2.00 bits per heavy atom. The predicted octanol–water partition coefficient (Wildman–Crippen LogP) is 3.04. The Balaban J connectivity index is 1.82. The third-order valence-corrected chi connectivity index (χ3v) is 5.10. The molecule has 5 nitrogen and oxygen atoms in total. The molecule has 1 heterocycles. The van der Waals surface area contributed by atoms with E-state index in [-0.39, 0.29) is 6.10 Å². The molecule has 0 saturated heterocycles. The monoisotopic (exact) mass is 338 g/mol. The Hall–Kier alpha value is -2.16. The molecule has 1 aliphatic rings. The van der Waals surface area contributed by atoms with E-state index in [2.05, 4.69) is 23.1 Å². The maximum absolute atomic E-state index is 10.2. The van der Waals surface area contributed by atoms with Crippen LogP contribution in [0, 0.1) is 24.2 Å². The molecule has 1 fully saturated rings. The van der Waals surface area contributed by atoms with Crippen LogP contribution in [-0.4, -0.2) is 39.5 Å². The lowest BCUT2D eigenvalue weighted by atomic mass is 9.86. The van der Waals surface area contributed by atoms with E-state index in [1.807, 2.05) is 41.9 Å². The summed E-state index contributed by atoms with van der Waals surface area (Å²) in [6, 6.07) is 12.2. The van der Waals surface area contributed by atoms with Crippen LogP contribution >= 0.6 is 0 Å². The first-order valence-electron chi connectivity index (χ1n) is 9.00. The van der Waals surface area contributed by atoms with Gasteiger partial charge in [0.2, 0.25) is 0 Å². The number of aromatic nitrogens is 2. The number of nitriles is 1. The minimum atomic E-state index is -0.201. The van der Waals surface area contributed by atoms with Crippen LogP contribution < -0.4 is 0 Å². The van der Waals surface area contributed by atoms with Crippen LogP contribution in [0.25, 0.3) is 5.69 Å². The summed E-state index contributed by atoms with van der Waals surface area (Å²) >= 11 is 0. The second-order valence-electron chi connectivity index (χ2n) is 7.07. The van der Waals surface area contributed by atoms with Gasteiger partial charge >= 0.3 is 0 Å². The van der Waals surface area contributed by atoms with Crippen molar-refractivity contribution in [2.45, 2.75) is 45.3 Å². The van der Waals surface area contributed by atoms with Crippen LogP contribution in [-0.2, 0) is 6.54 Å². The molecule has 0 bridgehead atoms. The third kappa shape index (κ3) is 3.92. The highest BCUT2D eigenvalue weighted by molar-refractivity contribution is 5.43. The summed E-state index contributed by atoms with van der Waals surface area (Å²) in [5.41, 5.74) is 3.29. The maximum Gasteiger partial charge on any atom is 0.103 e. The van der Waals surface area contributed by atoms with E-state index in [0.717, 1.165) is 42.9 Å². The van der Waals surface area contributed by atoms with Gasteiger partial charge in [-0.15, -0.1) is 0 Å². The molecule has 1 aliphatic carbocycles. The number of aliphatic hydroxyl groups is 1. The number of hydrogen-bond donors (Lipinski definition) is 1. The fourth-order valence-electron chi connectivity index (χ4n) is 3.77. The van der Waals surface area contributed by atoms with Gasteiger partial charge in [0.05, 0.1) is 28.7 Å². The first kappa shape index (κ1) is 17.7. The van der Waals surface area contributed by atoms with Crippen LogP contribution in [0.2, 0.25) is 0 Å². The van der Waals surface area contributed by atoms with Gasteiger partial charge in [-0.2, -0.15) is 10.4 Å². The molecule has 3 rings (SSSR count). The Morgan fingerprint density at radius 3 is 2.68 bits per heavy atom. The van der Waals surface area contributed by atoms with Gasteiger partial charge in [-0.3, -0.25) is 0 Å².